The summed E-state index contributed by atoms with van der Waals surface area (Å²) in [6, 6.07) is 2.20. The molecule has 0 aromatic carbocycles. The second-order valence-electron chi connectivity index (χ2n) is 5.35. The molecule has 0 saturated carbocycles. The lowest BCUT2D eigenvalue weighted by Crippen LogP contribution is -2.29. The van der Waals surface area contributed by atoms with Gasteiger partial charge in [0.1, 0.15) is 11.5 Å². The predicted molar refractivity (Wildman–Crippen MR) is 62.0 cm³/mol. The van der Waals surface area contributed by atoms with Crippen LogP contribution in [0.3, 0.4) is 0 Å². The van der Waals surface area contributed by atoms with Crippen LogP contribution in [0.2, 0.25) is 0 Å². The first-order valence-corrected chi connectivity index (χ1v) is 5.84. The Hall–Kier alpha value is -0.760. The molecule has 1 aromatic heterocycles. The van der Waals surface area contributed by atoms with Crippen molar-refractivity contribution < 1.29 is 4.42 Å². The lowest BCUT2D eigenvalue weighted by molar-refractivity contribution is 0.223. The Morgan fingerprint density at radius 1 is 1.53 bits per heavy atom. The van der Waals surface area contributed by atoms with Crippen molar-refractivity contribution >= 4 is 0 Å². The summed E-state index contributed by atoms with van der Waals surface area (Å²) in [6.07, 6.45) is 3.35. The van der Waals surface area contributed by atoms with E-state index in [-0.39, 0.29) is 0 Å². The highest BCUT2D eigenvalue weighted by Gasteiger charge is 2.37. The number of rotatable bonds is 2. The fourth-order valence-corrected chi connectivity index (χ4v) is 2.82. The van der Waals surface area contributed by atoms with Crippen LogP contribution in [0.25, 0.3) is 0 Å². The SMILES string of the molecule is Cc1cc2c(o1)CCC(C)(C)C2CCN. The van der Waals surface area contributed by atoms with Crippen molar-refractivity contribution in [2.75, 3.05) is 6.54 Å². The minimum atomic E-state index is 0.364. The minimum Gasteiger partial charge on any atom is -0.466 e. The van der Waals surface area contributed by atoms with Gasteiger partial charge in [-0.2, -0.15) is 0 Å². The summed E-state index contributed by atoms with van der Waals surface area (Å²) in [6.45, 7) is 7.49. The van der Waals surface area contributed by atoms with Crippen LogP contribution in [-0.2, 0) is 6.42 Å². The summed E-state index contributed by atoms with van der Waals surface area (Å²) in [5.41, 5.74) is 7.49. The van der Waals surface area contributed by atoms with Crippen molar-refractivity contribution in [1.82, 2.24) is 0 Å². The van der Waals surface area contributed by atoms with Crippen molar-refractivity contribution in [1.29, 1.82) is 0 Å². The van der Waals surface area contributed by atoms with Crippen LogP contribution >= 0.6 is 0 Å². The molecule has 1 aliphatic rings. The highest BCUT2D eigenvalue weighted by Crippen LogP contribution is 2.47. The quantitative estimate of drug-likeness (QED) is 0.809. The third-order valence-electron chi connectivity index (χ3n) is 3.74. The molecule has 0 aliphatic heterocycles. The highest BCUT2D eigenvalue weighted by molar-refractivity contribution is 5.30. The van der Waals surface area contributed by atoms with Gasteiger partial charge in [0.15, 0.2) is 0 Å². The van der Waals surface area contributed by atoms with Gasteiger partial charge in [0.2, 0.25) is 0 Å². The molecule has 2 N–H and O–H groups in total. The number of aryl methyl sites for hydroxylation is 2. The molecule has 1 unspecified atom stereocenters. The molecule has 0 bridgehead atoms. The summed E-state index contributed by atoms with van der Waals surface area (Å²) in [5.74, 6) is 2.81. The van der Waals surface area contributed by atoms with Crippen LogP contribution in [0.15, 0.2) is 10.5 Å². The fraction of sp³-hybridized carbons (Fsp3) is 0.692. The van der Waals surface area contributed by atoms with E-state index >= 15 is 0 Å². The van der Waals surface area contributed by atoms with E-state index in [4.69, 9.17) is 10.2 Å². The zero-order chi connectivity index (χ0) is 11.1. The standard InChI is InChI=1S/C13H21NO/c1-9-8-10-11(5-7-14)13(2,3)6-4-12(10)15-9/h8,11H,4-7,14H2,1-3H3. The maximum atomic E-state index is 5.74. The van der Waals surface area contributed by atoms with Gasteiger partial charge in [-0.1, -0.05) is 13.8 Å². The van der Waals surface area contributed by atoms with Gasteiger partial charge in [0.05, 0.1) is 0 Å². The van der Waals surface area contributed by atoms with Crippen molar-refractivity contribution in [3.8, 4) is 0 Å². The predicted octanol–water partition coefficient (Wildman–Crippen LogP) is 2.99. The summed E-state index contributed by atoms with van der Waals surface area (Å²) in [5, 5.41) is 0. The van der Waals surface area contributed by atoms with Gasteiger partial charge < -0.3 is 10.2 Å². The van der Waals surface area contributed by atoms with Crippen LogP contribution in [0.5, 0.6) is 0 Å². The zero-order valence-corrected chi connectivity index (χ0v) is 9.97. The molecule has 0 radical (unpaired) electrons. The molecule has 1 aliphatic carbocycles. The molecule has 15 heavy (non-hydrogen) atoms. The fourth-order valence-electron chi connectivity index (χ4n) is 2.82. The second-order valence-corrected chi connectivity index (χ2v) is 5.35. The van der Waals surface area contributed by atoms with Crippen LogP contribution < -0.4 is 5.73 Å². The molecule has 2 heteroatoms. The smallest absolute Gasteiger partial charge is 0.107 e. The van der Waals surface area contributed by atoms with Crippen molar-refractivity contribution in [2.24, 2.45) is 11.1 Å². The summed E-state index contributed by atoms with van der Waals surface area (Å²) < 4.78 is 5.74. The van der Waals surface area contributed by atoms with E-state index in [9.17, 15) is 0 Å². The van der Waals surface area contributed by atoms with Gasteiger partial charge in [0, 0.05) is 6.42 Å². The second kappa shape index (κ2) is 3.67. The zero-order valence-electron chi connectivity index (χ0n) is 9.97. The number of furan rings is 1. The first kappa shape index (κ1) is 10.7. The molecule has 2 rings (SSSR count). The van der Waals surface area contributed by atoms with Crippen molar-refractivity contribution in [3.63, 3.8) is 0 Å². The van der Waals surface area contributed by atoms with Gasteiger partial charge >= 0.3 is 0 Å². The monoisotopic (exact) mass is 207 g/mol. The third-order valence-corrected chi connectivity index (χ3v) is 3.74. The Bertz CT molecular complexity index is 351. The van der Waals surface area contributed by atoms with Crippen LogP contribution in [0.1, 0.15) is 49.7 Å². The summed E-state index contributed by atoms with van der Waals surface area (Å²) in [7, 11) is 0. The largest absolute Gasteiger partial charge is 0.466 e. The minimum absolute atomic E-state index is 0.364. The van der Waals surface area contributed by atoms with E-state index < -0.39 is 0 Å². The van der Waals surface area contributed by atoms with Crippen molar-refractivity contribution in [3.05, 3.63) is 23.2 Å². The van der Waals surface area contributed by atoms with Crippen molar-refractivity contribution in [2.45, 2.75) is 46.0 Å². The van der Waals surface area contributed by atoms with Gasteiger partial charge in [-0.3, -0.25) is 0 Å². The average molecular weight is 207 g/mol. The molecule has 2 nitrogen and oxygen atoms in total. The van der Waals surface area contributed by atoms with Gasteiger partial charge in [-0.05, 0) is 49.3 Å². The van der Waals surface area contributed by atoms with E-state index in [1.165, 1.54) is 17.7 Å². The van der Waals surface area contributed by atoms with E-state index in [0.29, 0.717) is 11.3 Å². The molecule has 0 saturated heterocycles. The van der Waals surface area contributed by atoms with Gasteiger partial charge in [-0.15, -0.1) is 0 Å². The molecule has 84 valence electrons. The Labute approximate surface area is 91.8 Å². The maximum absolute atomic E-state index is 5.74. The van der Waals surface area contributed by atoms with Crippen LogP contribution in [0, 0.1) is 12.3 Å². The molecule has 0 spiro atoms. The lowest BCUT2D eigenvalue weighted by Gasteiger charge is -2.38. The molecule has 1 aromatic rings. The van der Waals surface area contributed by atoms with Gasteiger partial charge in [-0.25, -0.2) is 0 Å². The first-order valence-electron chi connectivity index (χ1n) is 5.84. The third kappa shape index (κ3) is 1.83. The molecule has 1 heterocycles. The van der Waals surface area contributed by atoms with Crippen LogP contribution in [-0.4, -0.2) is 6.54 Å². The molecule has 1 atom stereocenters. The average Bonchev–Trinajstić information content (AvgIpc) is 2.51. The van der Waals surface area contributed by atoms with Gasteiger partial charge in [0.25, 0.3) is 0 Å². The normalized spacial score (nSPS) is 23.9. The van der Waals surface area contributed by atoms with Crippen LogP contribution in [0.4, 0.5) is 0 Å². The number of fused-ring (bicyclic) bond motifs is 1. The van der Waals surface area contributed by atoms with E-state index in [2.05, 4.69) is 19.9 Å². The molecular formula is C13H21NO. The maximum Gasteiger partial charge on any atom is 0.107 e. The molecule has 0 fully saturated rings. The number of hydrogen-bond acceptors (Lipinski definition) is 2. The Morgan fingerprint density at radius 2 is 2.27 bits per heavy atom. The van der Waals surface area contributed by atoms with E-state index in [0.717, 1.165) is 25.1 Å². The topological polar surface area (TPSA) is 39.2 Å². The van der Waals surface area contributed by atoms with E-state index in [1.807, 2.05) is 6.92 Å². The molecule has 0 amide bonds. The Balaban J connectivity index is 2.38. The number of hydrogen-bond donors (Lipinski definition) is 1. The first-order chi connectivity index (χ1) is 7.04. The Morgan fingerprint density at radius 3 is 2.93 bits per heavy atom. The number of nitrogens with two attached hydrogens (primary N) is 1. The molecular weight excluding hydrogens is 186 g/mol. The Kier molecular flexibility index (Phi) is 2.63. The summed E-state index contributed by atoms with van der Waals surface area (Å²) >= 11 is 0. The van der Waals surface area contributed by atoms with E-state index in [1.54, 1.807) is 0 Å². The summed E-state index contributed by atoms with van der Waals surface area (Å²) in [4.78, 5) is 0. The lowest BCUT2D eigenvalue weighted by atomic mass is 9.67. The highest BCUT2D eigenvalue weighted by atomic mass is 16.3.